The Labute approximate surface area is 161 Å². The van der Waals surface area contributed by atoms with Gasteiger partial charge >= 0.3 is 0 Å². The number of aliphatic hydroxyl groups excluding tert-OH is 1. The third-order valence-corrected chi connectivity index (χ3v) is 4.58. The molecule has 0 spiro atoms. The Morgan fingerprint density at radius 3 is 2.44 bits per heavy atom. The Morgan fingerprint density at radius 2 is 1.85 bits per heavy atom. The summed E-state index contributed by atoms with van der Waals surface area (Å²) in [4.78, 5) is 2.14. The lowest BCUT2D eigenvalue weighted by Gasteiger charge is -2.31. The predicted octanol–water partition coefficient (Wildman–Crippen LogP) is 4.43. The van der Waals surface area contributed by atoms with Gasteiger partial charge in [0.15, 0.2) is 0 Å². The van der Waals surface area contributed by atoms with Crippen molar-refractivity contribution in [3.63, 3.8) is 0 Å². The number of hydrogen-bond donors (Lipinski definition) is 1. The van der Waals surface area contributed by atoms with Crippen molar-refractivity contribution in [2.45, 2.75) is 26.0 Å². The van der Waals surface area contributed by atoms with Crippen LogP contribution in [-0.4, -0.2) is 36.4 Å². The summed E-state index contributed by atoms with van der Waals surface area (Å²) in [5, 5.41) is 9.95. The lowest BCUT2D eigenvalue weighted by Crippen LogP contribution is -2.28. The zero-order chi connectivity index (χ0) is 19.2. The number of hydrogen-bond acceptors (Lipinski definition) is 4. The number of methoxy groups -OCH3 is 1. The quantitative estimate of drug-likeness (QED) is 0.788. The van der Waals surface area contributed by atoms with Crippen molar-refractivity contribution in [3.05, 3.63) is 78.0 Å². The molecule has 1 aliphatic rings. The van der Waals surface area contributed by atoms with Crippen LogP contribution in [0.3, 0.4) is 0 Å². The Hall–Kier alpha value is -2.72. The van der Waals surface area contributed by atoms with Crippen molar-refractivity contribution in [2.75, 3.05) is 20.3 Å². The van der Waals surface area contributed by atoms with Crippen LogP contribution in [0.1, 0.15) is 31.0 Å². The maximum Gasteiger partial charge on any atom is 0.119 e. The molecule has 142 valence electrons. The topological polar surface area (TPSA) is 41.9 Å². The predicted molar refractivity (Wildman–Crippen MR) is 109 cm³/mol. The summed E-state index contributed by atoms with van der Waals surface area (Å²) in [6, 6.07) is 15.9. The van der Waals surface area contributed by atoms with Crippen molar-refractivity contribution in [2.24, 2.45) is 0 Å². The number of rotatable bonds is 7. The fourth-order valence-corrected chi connectivity index (χ4v) is 3.20. The van der Waals surface area contributed by atoms with Crippen LogP contribution < -0.4 is 9.47 Å². The fourth-order valence-electron chi connectivity index (χ4n) is 3.20. The van der Waals surface area contributed by atoms with E-state index in [1.165, 1.54) is 0 Å². The highest BCUT2D eigenvalue weighted by atomic mass is 16.5. The second-order valence-corrected chi connectivity index (χ2v) is 6.84. The van der Waals surface area contributed by atoms with Crippen LogP contribution in [0.5, 0.6) is 11.5 Å². The van der Waals surface area contributed by atoms with Crippen molar-refractivity contribution in [1.82, 2.24) is 4.90 Å². The van der Waals surface area contributed by atoms with E-state index in [0.717, 1.165) is 34.7 Å². The molecule has 0 saturated carbocycles. The van der Waals surface area contributed by atoms with Gasteiger partial charge in [-0.1, -0.05) is 30.3 Å². The van der Waals surface area contributed by atoms with Gasteiger partial charge in [0.05, 0.1) is 25.9 Å². The molecule has 0 aromatic heterocycles. The van der Waals surface area contributed by atoms with Crippen LogP contribution in [0.4, 0.5) is 0 Å². The minimum Gasteiger partial charge on any atom is -0.497 e. The largest absolute Gasteiger partial charge is 0.497 e. The average Bonchev–Trinajstić information content (AvgIpc) is 2.70. The molecule has 1 heterocycles. The second-order valence-electron chi connectivity index (χ2n) is 6.84. The summed E-state index contributed by atoms with van der Waals surface area (Å²) < 4.78 is 11.0. The third kappa shape index (κ3) is 4.72. The highest BCUT2D eigenvalue weighted by Gasteiger charge is 2.18. The van der Waals surface area contributed by atoms with E-state index in [-0.39, 0.29) is 18.8 Å². The smallest absolute Gasteiger partial charge is 0.119 e. The van der Waals surface area contributed by atoms with E-state index in [0.29, 0.717) is 0 Å². The van der Waals surface area contributed by atoms with Crippen LogP contribution in [0, 0.1) is 0 Å². The molecule has 0 saturated heterocycles. The van der Waals surface area contributed by atoms with Crippen LogP contribution in [-0.2, 0) is 0 Å². The minimum atomic E-state index is -0.0857. The lowest BCUT2D eigenvalue weighted by atomic mass is 10.0. The van der Waals surface area contributed by atoms with Gasteiger partial charge in [-0.2, -0.15) is 0 Å². The van der Waals surface area contributed by atoms with E-state index in [4.69, 9.17) is 9.47 Å². The van der Waals surface area contributed by atoms with Gasteiger partial charge in [0, 0.05) is 12.7 Å². The fraction of sp³-hybridized carbons (Fsp3) is 0.304. The molecule has 27 heavy (non-hydrogen) atoms. The van der Waals surface area contributed by atoms with Crippen molar-refractivity contribution in [3.8, 4) is 11.5 Å². The molecular weight excluding hydrogens is 338 g/mol. The number of allylic oxidation sites excluding steroid dienone is 2. The zero-order valence-corrected chi connectivity index (χ0v) is 16.1. The first kappa shape index (κ1) is 19.1. The molecule has 4 heteroatoms. The van der Waals surface area contributed by atoms with E-state index in [9.17, 15) is 5.11 Å². The molecule has 1 atom stereocenters. The summed E-state index contributed by atoms with van der Waals surface area (Å²) in [7, 11) is 1.68. The first-order chi connectivity index (χ1) is 13.1. The van der Waals surface area contributed by atoms with Crippen molar-refractivity contribution in [1.29, 1.82) is 0 Å². The second kappa shape index (κ2) is 8.78. The first-order valence-corrected chi connectivity index (χ1v) is 9.26. The van der Waals surface area contributed by atoms with E-state index < -0.39 is 0 Å². The molecule has 0 bridgehead atoms. The van der Waals surface area contributed by atoms with Gasteiger partial charge in [-0.05, 0) is 60.9 Å². The molecule has 1 N–H and O–H groups in total. The summed E-state index contributed by atoms with van der Waals surface area (Å²) in [5.74, 6) is 1.70. The number of nitrogens with zero attached hydrogens (tertiary/aromatic N) is 1. The maximum atomic E-state index is 9.95. The molecule has 1 unspecified atom stereocenters. The zero-order valence-electron chi connectivity index (χ0n) is 16.1. The normalized spacial score (nSPS) is 14.9. The number of benzene rings is 2. The Morgan fingerprint density at radius 1 is 1.07 bits per heavy atom. The third-order valence-electron chi connectivity index (χ3n) is 4.58. The molecule has 0 amide bonds. The molecule has 2 aromatic rings. The van der Waals surface area contributed by atoms with Gasteiger partial charge in [-0.3, -0.25) is 0 Å². The van der Waals surface area contributed by atoms with Crippen LogP contribution >= 0.6 is 0 Å². The molecule has 0 aliphatic carbocycles. The van der Waals surface area contributed by atoms with Crippen LogP contribution in [0.25, 0.3) is 5.57 Å². The Kier molecular flexibility index (Phi) is 6.20. The van der Waals surface area contributed by atoms with E-state index in [1.54, 1.807) is 7.11 Å². The maximum absolute atomic E-state index is 9.95. The van der Waals surface area contributed by atoms with Gasteiger partial charge < -0.3 is 19.5 Å². The van der Waals surface area contributed by atoms with Gasteiger partial charge in [-0.15, -0.1) is 0 Å². The first-order valence-electron chi connectivity index (χ1n) is 9.26. The Balaban J connectivity index is 1.71. The van der Waals surface area contributed by atoms with Crippen LogP contribution in [0.15, 0.2) is 66.9 Å². The summed E-state index contributed by atoms with van der Waals surface area (Å²) in [5.41, 5.74) is 3.35. The molecule has 1 aliphatic heterocycles. The number of ether oxygens (including phenoxy) is 2. The average molecular weight is 365 g/mol. The molecule has 0 radical (unpaired) electrons. The minimum absolute atomic E-state index is 0.0526. The van der Waals surface area contributed by atoms with Gasteiger partial charge in [0.2, 0.25) is 0 Å². The van der Waals surface area contributed by atoms with E-state index >= 15 is 0 Å². The monoisotopic (exact) mass is 365 g/mol. The molecular formula is C23H27NO3. The number of aliphatic hydroxyl groups is 1. The Bertz CT molecular complexity index is 809. The van der Waals surface area contributed by atoms with E-state index in [2.05, 4.69) is 23.1 Å². The summed E-state index contributed by atoms with van der Waals surface area (Å²) in [6.45, 7) is 4.81. The van der Waals surface area contributed by atoms with Crippen molar-refractivity contribution >= 4 is 5.57 Å². The highest BCUT2D eigenvalue weighted by Crippen LogP contribution is 2.28. The molecule has 4 nitrogen and oxygen atoms in total. The van der Waals surface area contributed by atoms with Crippen LogP contribution in [0.2, 0.25) is 0 Å². The van der Waals surface area contributed by atoms with Gasteiger partial charge in [-0.25, -0.2) is 0 Å². The summed E-state index contributed by atoms with van der Waals surface area (Å²) >= 11 is 0. The molecule has 0 fully saturated rings. The SMILES string of the molecule is COc1cccc(C2=CCN(C(CO)c3ccc(OC(C)C)cc3)C=C2)c1. The summed E-state index contributed by atoms with van der Waals surface area (Å²) in [6.07, 6.45) is 6.45. The van der Waals surface area contributed by atoms with Gasteiger partial charge in [0.1, 0.15) is 11.5 Å². The standard InChI is InChI=1S/C23H27NO3/c1-17(2)27-21-9-7-19(8-10-21)23(16-25)24-13-11-18(12-14-24)20-5-4-6-22(15-20)26-3/h4-13,15,17,23,25H,14,16H2,1-3H3. The lowest BCUT2D eigenvalue weighted by molar-refractivity contribution is 0.174. The molecule has 3 rings (SSSR count). The molecule has 2 aromatic carbocycles. The van der Waals surface area contributed by atoms with E-state index in [1.807, 2.05) is 62.5 Å². The highest BCUT2D eigenvalue weighted by molar-refractivity contribution is 5.75. The van der Waals surface area contributed by atoms with Gasteiger partial charge in [0.25, 0.3) is 0 Å². The van der Waals surface area contributed by atoms with Crippen molar-refractivity contribution < 1.29 is 14.6 Å².